The number of carbonyl (C=O) groups excluding carboxylic acids is 3. The van der Waals surface area contributed by atoms with Gasteiger partial charge in [-0.2, -0.15) is 5.10 Å². The highest BCUT2D eigenvalue weighted by atomic mass is 16.6. The lowest BCUT2D eigenvalue weighted by Crippen LogP contribution is -2.35. The second kappa shape index (κ2) is 12.9. The summed E-state index contributed by atoms with van der Waals surface area (Å²) in [7, 11) is 1.54. The number of hydrogen-bond acceptors (Lipinski definition) is 7. The second-order valence-corrected chi connectivity index (χ2v) is 8.26. The Bertz CT molecular complexity index is 1510. The van der Waals surface area contributed by atoms with Crippen molar-refractivity contribution in [1.29, 1.82) is 0 Å². The number of nitrogens with one attached hydrogen (secondary N) is 2. The molecule has 4 rings (SSSR count). The summed E-state index contributed by atoms with van der Waals surface area (Å²) in [4.78, 5) is 37.4. The Hall–Kier alpha value is -5.18. The van der Waals surface area contributed by atoms with E-state index >= 15 is 0 Å². The number of benzene rings is 4. The van der Waals surface area contributed by atoms with Gasteiger partial charge >= 0.3 is 5.97 Å². The highest BCUT2D eigenvalue weighted by Crippen LogP contribution is 2.29. The third kappa shape index (κ3) is 6.98. The number of hydrogen-bond donors (Lipinski definition) is 2. The summed E-state index contributed by atoms with van der Waals surface area (Å²) in [6.07, 6.45) is 1.42. The molecule has 9 nitrogen and oxygen atoms in total. The zero-order valence-electron chi connectivity index (χ0n) is 21.5. The molecule has 0 saturated carbocycles. The number of ether oxygens (including phenoxy) is 3. The smallest absolute Gasteiger partial charge is 0.343 e. The van der Waals surface area contributed by atoms with E-state index in [1.165, 1.54) is 6.21 Å². The molecule has 4 aromatic rings. The minimum atomic E-state index is -0.544. The topological polar surface area (TPSA) is 115 Å². The van der Waals surface area contributed by atoms with Gasteiger partial charge in [0.25, 0.3) is 11.8 Å². The van der Waals surface area contributed by atoms with Crippen molar-refractivity contribution >= 4 is 34.8 Å². The van der Waals surface area contributed by atoms with Gasteiger partial charge in [-0.3, -0.25) is 9.59 Å². The van der Waals surface area contributed by atoms with Crippen LogP contribution in [0, 0.1) is 0 Å². The number of esters is 1. The number of rotatable bonds is 10. The zero-order chi connectivity index (χ0) is 27.6. The molecule has 0 aromatic heterocycles. The molecule has 0 radical (unpaired) electrons. The van der Waals surface area contributed by atoms with Gasteiger partial charge < -0.3 is 19.5 Å². The summed E-state index contributed by atoms with van der Waals surface area (Å²) >= 11 is 0. The van der Waals surface area contributed by atoms with E-state index in [0.717, 1.165) is 10.8 Å². The highest BCUT2D eigenvalue weighted by molar-refractivity contribution is 6.07. The van der Waals surface area contributed by atoms with E-state index in [1.807, 2.05) is 37.3 Å². The van der Waals surface area contributed by atoms with Crippen molar-refractivity contribution in [3.63, 3.8) is 0 Å². The van der Waals surface area contributed by atoms with Crippen LogP contribution in [0.25, 0.3) is 10.8 Å². The molecule has 0 saturated heterocycles. The van der Waals surface area contributed by atoms with Crippen LogP contribution in [0.3, 0.4) is 0 Å². The molecular formula is C30H27N3O6. The van der Waals surface area contributed by atoms with Crippen molar-refractivity contribution in [3.8, 4) is 17.2 Å². The first kappa shape index (κ1) is 26.9. The number of fused-ring (bicyclic) bond motifs is 1. The van der Waals surface area contributed by atoms with Crippen molar-refractivity contribution < 1.29 is 28.6 Å². The third-order valence-electron chi connectivity index (χ3n) is 5.64. The maximum absolute atomic E-state index is 12.6. The Balaban J connectivity index is 1.34. The third-order valence-corrected chi connectivity index (χ3v) is 5.64. The van der Waals surface area contributed by atoms with E-state index in [2.05, 4.69) is 15.8 Å². The molecule has 2 amide bonds. The number of nitrogens with zero attached hydrogens (tertiary/aromatic N) is 1. The molecule has 0 aliphatic rings. The first-order valence-electron chi connectivity index (χ1n) is 12.2. The summed E-state index contributed by atoms with van der Waals surface area (Å²) in [5.41, 5.74) is 3.83. The maximum atomic E-state index is 12.6. The summed E-state index contributed by atoms with van der Waals surface area (Å²) in [6, 6.07) is 24.4. The Morgan fingerprint density at radius 2 is 1.67 bits per heavy atom. The highest BCUT2D eigenvalue weighted by Gasteiger charge is 2.14. The minimum absolute atomic E-state index is 0.245. The van der Waals surface area contributed by atoms with Crippen LogP contribution in [-0.4, -0.2) is 44.3 Å². The molecule has 9 heteroatoms. The van der Waals surface area contributed by atoms with Crippen molar-refractivity contribution in [3.05, 3.63) is 102 Å². The van der Waals surface area contributed by atoms with Crippen LogP contribution >= 0.6 is 0 Å². The Morgan fingerprint density at radius 3 is 2.44 bits per heavy atom. The number of hydrazone groups is 1. The summed E-state index contributed by atoms with van der Waals surface area (Å²) < 4.78 is 16.2. The molecule has 0 atom stereocenters. The standard InChI is InChI=1S/C30H27N3O6/c1-3-38-27-17-20(11-16-26(27)39-30(36)22-12-14-23(37-2)15-13-22)18-32-33-28(34)19-31-29(35)25-10-6-8-21-7-4-5-9-24(21)25/h4-18H,3,19H2,1-2H3,(H,31,35)(H,33,34)/b32-18+. The monoisotopic (exact) mass is 525 g/mol. The molecule has 2 N–H and O–H groups in total. The molecule has 39 heavy (non-hydrogen) atoms. The maximum Gasteiger partial charge on any atom is 0.343 e. The number of carbonyl (C=O) groups is 3. The first-order valence-corrected chi connectivity index (χ1v) is 12.2. The lowest BCUT2D eigenvalue weighted by Gasteiger charge is -2.11. The van der Waals surface area contributed by atoms with Crippen LogP contribution in [0.4, 0.5) is 0 Å². The predicted octanol–water partition coefficient (Wildman–Crippen LogP) is 4.35. The first-order chi connectivity index (χ1) is 19.0. The predicted molar refractivity (Wildman–Crippen MR) is 148 cm³/mol. The Labute approximate surface area is 225 Å². The van der Waals surface area contributed by atoms with Crippen molar-refractivity contribution in [2.45, 2.75) is 6.92 Å². The van der Waals surface area contributed by atoms with E-state index < -0.39 is 11.9 Å². The average molecular weight is 526 g/mol. The Morgan fingerprint density at radius 1 is 0.897 bits per heavy atom. The van der Waals surface area contributed by atoms with E-state index in [0.29, 0.717) is 34.8 Å². The van der Waals surface area contributed by atoms with E-state index in [1.54, 1.807) is 61.7 Å². The van der Waals surface area contributed by atoms with Gasteiger partial charge in [0.2, 0.25) is 0 Å². The van der Waals surface area contributed by atoms with Crippen LogP contribution in [0.15, 0.2) is 90.0 Å². The van der Waals surface area contributed by atoms with Gasteiger partial charge in [0.15, 0.2) is 11.5 Å². The van der Waals surface area contributed by atoms with Gasteiger partial charge in [-0.1, -0.05) is 36.4 Å². The van der Waals surface area contributed by atoms with Crippen LogP contribution in [0.2, 0.25) is 0 Å². The van der Waals surface area contributed by atoms with Crippen molar-refractivity contribution in [2.24, 2.45) is 5.10 Å². The van der Waals surface area contributed by atoms with E-state index in [9.17, 15) is 14.4 Å². The molecule has 0 unspecified atom stereocenters. The van der Waals surface area contributed by atoms with Crippen molar-refractivity contribution in [2.75, 3.05) is 20.3 Å². The number of methoxy groups -OCH3 is 1. The zero-order valence-corrected chi connectivity index (χ0v) is 21.5. The lowest BCUT2D eigenvalue weighted by molar-refractivity contribution is -0.120. The minimum Gasteiger partial charge on any atom is -0.497 e. The van der Waals surface area contributed by atoms with Gasteiger partial charge in [0.05, 0.1) is 32.0 Å². The van der Waals surface area contributed by atoms with Crippen LogP contribution in [0.1, 0.15) is 33.2 Å². The molecule has 0 spiro atoms. The molecular weight excluding hydrogens is 498 g/mol. The quantitative estimate of drug-likeness (QED) is 0.138. The summed E-state index contributed by atoms with van der Waals surface area (Å²) in [5.74, 6) is -0.170. The van der Waals surface area contributed by atoms with Gasteiger partial charge in [-0.15, -0.1) is 0 Å². The van der Waals surface area contributed by atoms with E-state index in [-0.39, 0.29) is 18.2 Å². The van der Waals surface area contributed by atoms with Crippen LogP contribution in [0.5, 0.6) is 17.2 Å². The molecule has 198 valence electrons. The fraction of sp³-hybridized carbons (Fsp3) is 0.133. The van der Waals surface area contributed by atoms with Gasteiger partial charge in [0, 0.05) is 5.56 Å². The van der Waals surface area contributed by atoms with Gasteiger partial charge in [-0.25, -0.2) is 10.2 Å². The van der Waals surface area contributed by atoms with Gasteiger partial charge in [-0.05, 0) is 71.8 Å². The van der Waals surface area contributed by atoms with E-state index in [4.69, 9.17) is 14.2 Å². The normalized spacial score (nSPS) is 10.7. The fourth-order valence-electron chi connectivity index (χ4n) is 3.74. The average Bonchev–Trinajstić information content (AvgIpc) is 2.97. The molecule has 0 aliphatic carbocycles. The van der Waals surface area contributed by atoms with Gasteiger partial charge in [0.1, 0.15) is 5.75 Å². The van der Waals surface area contributed by atoms with Crippen LogP contribution in [-0.2, 0) is 4.79 Å². The van der Waals surface area contributed by atoms with Crippen molar-refractivity contribution in [1.82, 2.24) is 10.7 Å². The number of amides is 2. The molecule has 0 bridgehead atoms. The Kier molecular flexibility index (Phi) is 8.87. The summed E-state index contributed by atoms with van der Waals surface area (Å²) in [5, 5.41) is 8.30. The largest absolute Gasteiger partial charge is 0.497 e. The molecule has 4 aromatic carbocycles. The molecule has 0 heterocycles. The molecule has 0 fully saturated rings. The fourth-order valence-corrected chi connectivity index (χ4v) is 3.74. The molecule has 0 aliphatic heterocycles. The lowest BCUT2D eigenvalue weighted by atomic mass is 10.0. The summed E-state index contributed by atoms with van der Waals surface area (Å²) in [6.45, 7) is 1.91. The SMILES string of the molecule is CCOc1cc(/C=N/NC(=O)CNC(=O)c2cccc3ccccc23)ccc1OC(=O)c1ccc(OC)cc1. The second-order valence-electron chi connectivity index (χ2n) is 8.26. The van der Waals surface area contributed by atoms with Crippen LogP contribution < -0.4 is 25.0 Å².